The zero-order valence-corrected chi connectivity index (χ0v) is 10.2. The first-order valence-corrected chi connectivity index (χ1v) is 6.09. The second-order valence-corrected chi connectivity index (χ2v) is 4.54. The van der Waals surface area contributed by atoms with Crippen LogP contribution in [0.2, 0.25) is 0 Å². The fourth-order valence-corrected chi connectivity index (χ4v) is 2.21. The lowest BCUT2D eigenvalue weighted by Crippen LogP contribution is -2.23. The molecule has 2 N–H and O–H groups in total. The van der Waals surface area contributed by atoms with E-state index in [1.54, 1.807) is 0 Å². The Morgan fingerprint density at radius 2 is 2.26 bits per heavy atom. The normalized spacial score (nSPS) is 18.1. The fraction of sp³-hybridized carbons (Fsp3) is 0.214. The molecule has 94 valence electrons. The molecule has 1 unspecified atom stereocenters. The maximum Gasteiger partial charge on any atom is 0.222 e. The molecule has 1 aromatic heterocycles. The first-order valence-electron chi connectivity index (χ1n) is 6.09. The van der Waals surface area contributed by atoms with Crippen LogP contribution in [0.4, 0.5) is 5.82 Å². The van der Waals surface area contributed by atoms with Gasteiger partial charge < -0.3 is 10.6 Å². The zero-order chi connectivity index (χ0) is 13.2. The maximum absolute atomic E-state index is 11.2. The van der Waals surface area contributed by atoms with E-state index in [2.05, 4.69) is 21.7 Å². The Hall–Kier alpha value is -2.61. The Morgan fingerprint density at radius 1 is 1.42 bits per heavy atom. The second kappa shape index (κ2) is 4.58. The van der Waals surface area contributed by atoms with Crippen molar-refractivity contribution < 1.29 is 4.79 Å². The SMILES string of the molecule is N#Cc1cc2ccccc2nc1NC1CNC(=O)C1. The number of nitriles is 1. The molecule has 19 heavy (non-hydrogen) atoms. The molecule has 1 saturated heterocycles. The van der Waals surface area contributed by atoms with Crippen LogP contribution in [0.5, 0.6) is 0 Å². The number of para-hydroxylation sites is 1. The van der Waals surface area contributed by atoms with Gasteiger partial charge in [0.2, 0.25) is 5.91 Å². The van der Waals surface area contributed by atoms with E-state index in [1.165, 1.54) is 0 Å². The first-order chi connectivity index (χ1) is 9.26. The molecule has 0 spiro atoms. The summed E-state index contributed by atoms with van der Waals surface area (Å²) in [5.74, 6) is 0.569. The summed E-state index contributed by atoms with van der Waals surface area (Å²) in [5.41, 5.74) is 1.33. The summed E-state index contributed by atoms with van der Waals surface area (Å²) in [5, 5.41) is 16.0. The maximum atomic E-state index is 11.2. The van der Waals surface area contributed by atoms with Crippen molar-refractivity contribution in [2.75, 3.05) is 11.9 Å². The first kappa shape index (κ1) is 11.5. The van der Waals surface area contributed by atoms with Gasteiger partial charge in [0.05, 0.1) is 17.1 Å². The molecular weight excluding hydrogens is 240 g/mol. The number of carbonyl (C=O) groups excluding carboxylic acids is 1. The lowest BCUT2D eigenvalue weighted by molar-refractivity contribution is -0.119. The van der Waals surface area contributed by atoms with Crippen LogP contribution < -0.4 is 10.6 Å². The monoisotopic (exact) mass is 252 g/mol. The second-order valence-electron chi connectivity index (χ2n) is 4.54. The predicted octanol–water partition coefficient (Wildman–Crippen LogP) is 1.41. The van der Waals surface area contributed by atoms with Gasteiger partial charge in [-0.3, -0.25) is 4.79 Å². The van der Waals surface area contributed by atoms with Gasteiger partial charge in [-0.2, -0.15) is 5.26 Å². The molecule has 5 nitrogen and oxygen atoms in total. The third-order valence-corrected chi connectivity index (χ3v) is 3.16. The van der Waals surface area contributed by atoms with Gasteiger partial charge in [-0.15, -0.1) is 0 Å². The van der Waals surface area contributed by atoms with E-state index < -0.39 is 0 Å². The molecule has 1 aliphatic heterocycles. The molecule has 3 rings (SSSR count). The standard InChI is InChI=1S/C14H12N4O/c15-7-10-5-9-3-1-2-4-12(9)18-14(10)17-11-6-13(19)16-8-11/h1-5,11H,6,8H2,(H,16,19)(H,17,18). The Kier molecular flexibility index (Phi) is 2.76. The predicted molar refractivity (Wildman–Crippen MR) is 71.5 cm³/mol. The topological polar surface area (TPSA) is 77.8 Å². The summed E-state index contributed by atoms with van der Waals surface area (Å²) in [6.07, 6.45) is 0.416. The summed E-state index contributed by atoms with van der Waals surface area (Å²) in [7, 11) is 0. The van der Waals surface area contributed by atoms with E-state index in [0.717, 1.165) is 10.9 Å². The number of carbonyl (C=O) groups is 1. The van der Waals surface area contributed by atoms with Crippen LogP contribution in [0.3, 0.4) is 0 Å². The number of aromatic nitrogens is 1. The van der Waals surface area contributed by atoms with Crippen molar-refractivity contribution in [2.45, 2.75) is 12.5 Å². The van der Waals surface area contributed by atoms with Crippen LogP contribution in [-0.2, 0) is 4.79 Å². The highest BCUT2D eigenvalue weighted by molar-refractivity contribution is 5.83. The Morgan fingerprint density at radius 3 is 3.00 bits per heavy atom. The number of fused-ring (bicyclic) bond motifs is 1. The molecule has 2 aromatic rings. The molecule has 0 saturated carbocycles. The number of pyridine rings is 1. The highest BCUT2D eigenvalue weighted by Crippen LogP contribution is 2.21. The van der Waals surface area contributed by atoms with Crippen LogP contribution in [0.15, 0.2) is 30.3 Å². The Bertz CT molecular complexity index is 689. The number of hydrogen-bond donors (Lipinski definition) is 2. The molecule has 1 aliphatic rings. The van der Waals surface area contributed by atoms with Gasteiger partial charge in [-0.25, -0.2) is 4.98 Å². The molecule has 2 heterocycles. The molecule has 1 atom stereocenters. The lowest BCUT2D eigenvalue weighted by atomic mass is 10.1. The highest BCUT2D eigenvalue weighted by Gasteiger charge is 2.22. The Labute approximate surface area is 110 Å². The average Bonchev–Trinajstić information content (AvgIpc) is 2.83. The number of benzene rings is 1. The summed E-state index contributed by atoms with van der Waals surface area (Å²) < 4.78 is 0. The minimum atomic E-state index is -0.00624. The summed E-state index contributed by atoms with van der Waals surface area (Å²) in [6.45, 7) is 0.568. The van der Waals surface area contributed by atoms with Crippen LogP contribution in [0, 0.1) is 11.3 Å². The molecule has 1 aromatic carbocycles. The Balaban J connectivity index is 1.97. The van der Waals surface area contributed by atoms with Crippen LogP contribution in [0.1, 0.15) is 12.0 Å². The van der Waals surface area contributed by atoms with Crippen molar-refractivity contribution in [1.29, 1.82) is 5.26 Å². The van der Waals surface area contributed by atoms with E-state index in [4.69, 9.17) is 0 Å². The number of amides is 1. The van der Waals surface area contributed by atoms with Gasteiger partial charge >= 0.3 is 0 Å². The molecule has 1 amide bonds. The third-order valence-electron chi connectivity index (χ3n) is 3.16. The number of rotatable bonds is 2. The van der Waals surface area contributed by atoms with Crippen molar-refractivity contribution in [3.8, 4) is 6.07 Å². The van der Waals surface area contributed by atoms with Crippen molar-refractivity contribution >= 4 is 22.6 Å². The largest absolute Gasteiger partial charge is 0.364 e. The van der Waals surface area contributed by atoms with Crippen LogP contribution >= 0.6 is 0 Å². The van der Waals surface area contributed by atoms with Gasteiger partial charge in [0.25, 0.3) is 0 Å². The van der Waals surface area contributed by atoms with E-state index in [-0.39, 0.29) is 11.9 Å². The average molecular weight is 252 g/mol. The number of hydrogen-bond acceptors (Lipinski definition) is 4. The minimum Gasteiger partial charge on any atom is -0.364 e. The molecular formula is C14H12N4O. The number of nitrogens with zero attached hydrogens (tertiary/aromatic N) is 2. The van der Waals surface area contributed by atoms with E-state index in [9.17, 15) is 10.1 Å². The zero-order valence-electron chi connectivity index (χ0n) is 10.2. The third kappa shape index (κ3) is 2.20. The molecule has 0 bridgehead atoms. The van der Waals surface area contributed by atoms with E-state index >= 15 is 0 Å². The van der Waals surface area contributed by atoms with Crippen LogP contribution in [-0.4, -0.2) is 23.5 Å². The van der Waals surface area contributed by atoms with Gasteiger partial charge in [-0.05, 0) is 12.1 Å². The van der Waals surface area contributed by atoms with Crippen molar-refractivity contribution in [1.82, 2.24) is 10.3 Å². The number of nitrogens with one attached hydrogen (secondary N) is 2. The van der Waals surface area contributed by atoms with Crippen molar-refractivity contribution in [3.05, 3.63) is 35.9 Å². The van der Waals surface area contributed by atoms with E-state index in [1.807, 2.05) is 30.3 Å². The van der Waals surface area contributed by atoms with Gasteiger partial charge in [0, 0.05) is 18.4 Å². The summed E-state index contributed by atoms with van der Waals surface area (Å²) in [6, 6.07) is 11.6. The van der Waals surface area contributed by atoms with Crippen molar-refractivity contribution in [2.24, 2.45) is 0 Å². The summed E-state index contributed by atoms with van der Waals surface area (Å²) >= 11 is 0. The van der Waals surface area contributed by atoms with E-state index in [0.29, 0.717) is 24.3 Å². The molecule has 0 aliphatic carbocycles. The summed E-state index contributed by atoms with van der Waals surface area (Å²) in [4.78, 5) is 15.6. The smallest absolute Gasteiger partial charge is 0.222 e. The van der Waals surface area contributed by atoms with Gasteiger partial charge in [0.1, 0.15) is 11.9 Å². The van der Waals surface area contributed by atoms with Gasteiger partial charge in [-0.1, -0.05) is 18.2 Å². The number of anilines is 1. The molecule has 0 radical (unpaired) electrons. The van der Waals surface area contributed by atoms with Crippen molar-refractivity contribution in [3.63, 3.8) is 0 Å². The quantitative estimate of drug-likeness (QED) is 0.847. The molecule has 1 fully saturated rings. The van der Waals surface area contributed by atoms with Crippen LogP contribution in [0.25, 0.3) is 10.9 Å². The lowest BCUT2D eigenvalue weighted by Gasteiger charge is -2.13. The molecule has 5 heteroatoms. The fourth-order valence-electron chi connectivity index (χ4n) is 2.21. The minimum absolute atomic E-state index is 0.00624. The highest BCUT2D eigenvalue weighted by atomic mass is 16.1. The van der Waals surface area contributed by atoms with Gasteiger partial charge in [0.15, 0.2) is 0 Å².